The van der Waals surface area contributed by atoms with Gasteiger partial charge < -0.3 is 9.80 Å². The first-order valence-corrected chi connectivity index (χ1v) is 8.85. The Balaban J connectivity index is 1.75. The van der Waals surface area contributed by atoms with Crippen LogP contribution < -0.4 is 4.72 Å². The topological polar surface area (TPSA) is 65.5 Å². The van der Waals surface area contributed by atoms with Crippen LogP contribution in [-0.2, 0) is 10.0 Å². The second-order valence-corrected chi connectivity index (χ2v) is 7.36. The van der Waals surface area contributed by atoms with E-state index in [4.69, 9.17) is 11.6 Å². The van der Waals surface area contributed by atoms with Gasteiger partial charge in [0.15, 0.2) is 0 Å². The Morgan fingerprint density at radius 3 is 2.71 bits per heavy atom. The van der Waals surface area contributed by atoms with Gasteiger partial charge in [-0.25, -0.2) is 18.1 Å². The van der Waals surface area contributed by atoms with E-state index in [0.717, 1.165) is 39.1 Å². The Labute approximate surface area is 131 Å². The van der Waals surface area contributed by atoms with Crippen LogP contribution in [0.4, 0.5) is 0 Å². The summed E-state index contributed by atoms with van der Waals surface area (Å²) in [6.45, 7) is 5.57. The van der Waals surface area contributed by atoms with E-state index < -0.39 is 10.0 Å². The number of pyridine rings is 1. The molecule has 2 rings (SSSR count). The van der Waals surface area contributed by atoms with Crippen molar-refractivity contribution in [3.05, 3.63) is 23.5 Å². The number of piperazine rings is 1. The first-order valence-electron chi connectivity index (χ1n) is 6.99. The minimum atomic E-state index is -3.50. The maximum absolute atomic E-state index is 12.1. The normalized spacial score (nSPS) is 18.0. The van der Waals surface area contributed by atoms with E-state index in [1.54, 1.807) is 0 Å². The molecule has 8 heteroatoms. The summed E-state index contributed by atoms with van der Waals surface area (Å²) in [5, 5.41) is 0.176. The number of halogens is 1. The largest absolute Gasteiger partial charge is 0.304 e. The second-order valence-electron chi connectivity index (χ2n) is 5.21. The van der Waals surface area contributed by atoms with Crippen LogP contribution in [0.2, 0.25) is 5.15 Å². The van der Waals surface area contributed by atoms with Gasteiger partial charge in [0.25, 0.3) is 0 Å². The van der Waals surface area contributed by atoms with E-state index in [-0.39, 0.29) is 10.0 Å². The summed E-state index contributed by atoms with van der Waals surface area (Å²) in [6, 6.07) is 2.79. The van der Waals surface area contributed by atoms with Crippen molar-refractivity contribution in [1.29, 1.82) is 0 Å². The molecule has 1 fully saturated rings. The predicted octanol–water partition coefficient (Wildman–Crippen LogP) is 0.651. The number of rotatable bonds is 6. The Bertz CT molecular complexity index is 559. The lowest BCUT2D eigenvalue weighted by molar-refractivity contribution is 0.153. The molecule has 0 saturated carbocycles. The van der Waals surface area contributed by atoms with Gasteiger partial charge in [0.05, 0.1) is 4.90 Å². The molecular formula is C13H21ClN4O2S. The van der Waals surface area contributed by atoms with Crippen molar-refractivity contribution in [2.45, 2.75) is 11.3 Å². The minimum absolute atomic E-state index is 0.155. The van der Waals surface area contributed by atoms with E-state index in [1.807, 2.05) is 0 Å². The van der Waals surface area contributed by atoms with Crippen LogP contribution in [0.5, 0.6) is 0 Å². The Kier molecular flexibility index (Phi) is 5.95. The lowest BCUT2D eigenvalue weighted by Crippen LogP contribution is -2.45. The van der Waals surface area contributed by atoms with Crippen molar-refractivity contribution in [1.82, 2.24) is 19.5 Å². The van der Waals surface area contributed by atoms with Crippen LogP contribution in [0.25, 0.3) is 0 Å². The van der Waals surface area contributed by atoms with Gasteiger partial charge in [-0.05, 0) is 32.1 Å². The van der Waals surface area contributed by atoms with Gasteiger partial charge in [-0.15, -0.1) is 0 Å². The molecule has 1 saturated heterocycles. The molecule has 21 heavy (non-hydrogen) atoms. The van der Waals surface area contributed by atoms with Crippen molar-refractivity contribution in [2.24, 2.45) is 0 Å². The van der Waals surface area contributed by atoms with Gasteiger partial charge in [0.2, 0.25) is 10.0 Å². The SMILES string of the molecule is CN1CCN(CCCNS(=O)(=O)c2ccnc(Cl)c2)CC1. The Morgan fingerprint density at radius 1 is 1.33 bits per heavy atom. The molecule has 2 heterocycles. The van der Waals surface area contributed by atoms with Crippen LogP contribution >= 0.6 is 11.6 Å². The first kappa shape index (κ1) is 16.6. The summed E-state index contributed by atoms with van der Waals surface area (Å²) >= 11 is 5.71. The summed E-state index contributed by atoms with van der Waals surface area (Å²) in [7, 11) is -1.38. The summed E-state index contributed by atoms with van der Waals surface area (Å²) in [6.07, 6.45) is 2.18. The second kappa shape index (κ2) is 7.51. The van der Waals surface area contributed by atoms with Crippen LogP contribution in [0.15, 0.2) is 23.2 Å². The maximum atomic E-state index is 12.1. The molecule has 0 amide bonds. The molecule has 0 radical (unpaired) electrons. The molecule has 1 N–H and O–H groups in total. The average molecular weight is 333 g/mol. The van der Waals surface area contributed by atoms with Crippen LogP contribution in [-0.4, -0.2) is 69.5 Å². The number of nitrogens with one attached hydrogen (secondary N) is 1. The Morgan fingerprint density at radius 2 is 2.05 bits per heavy atom. The van der Waals surface area contributed by atoms with E-state index in [1.165, 1.54) is 18.3 Å². The standard InChI is InChI=1S/C13H21ClN4O2S/c1-17-7-9-18(10-8-17)6-2-4-16-21(19,20)12-3-5-15-13(14)11-12/h3,5,11,16H,2,4,6-10H2,1H3. The minimum Gasteiger partial charge on any atom is -0.304 e. The first-order chi connectivity index (χ1) is 9.97. The highest BCUT2D eigenvalue weighted by Gasteiger charge is 2.15. The number of hydrogen-bond acceptors (Lipinski definition) is 5. The molecule has 1 aromatic heterocycles. The molecule has 0 atom stereocenters. The molecule has 118 valence electrons. The lowest BCUT2D eigenvalue weighted by atomic mass is 10.3. The summed E-state index contributed by atoms with van der Waals surface area (Å²) in [4.78, 5) is 8.59. The number of aromatic nitrogens is 1. The Hall–Kier alpha value is -0.730. The number of sulfonamides is 1. The molecule has 0 unspecified atom stereocenters. The fourth-order valence-corrected chi connectivity index (χ4v) is 3.54. The number of nitrogens with zero attached hydrogens (tertiary/aromatic N) is 3. The van der Waals surface area contributed by atoms with Gasteiger partial charge >= 0.3 is 0 Å². The zero-order chi connectivity index (χ0) is 15.3. The molecule has 1 aromatic rings. The fourth-order valence-electron chi connectivity index (χ4n) is 2.22. The molecule has 0 spiro atoms. The van der Waals surface area contributed by atoms with Gasteiger partial charge in [-0.1, -0.05) is 11.6 Å². The lowest BCUT2D eigenvalue weighted by Gasteiger charge is -2.32. The highest BCUT2D eigenvalue weighted by Crippen LogP contribution is 2.12. The van der Waals surface area contributed by atoms with E-state index >= 15 is 0 Å². The number of hydrogen-bond donors (Lipinski definition) is 1. The summed E-state index contributed by atoms with van der Waals surface area (Å²) in [5.74, 6) is 0. The van der Waals surface area contributed by atoms with Gasteiger partial charge in [-0.3, -0.25) is 0 Å². The third-order valence-electron chi connectivity index (χ3n) is 3.55. The van der Waals surface area contributed by atoms with Crippen LogP contribution in [0, 0.1) is 0 Å². The predicted molar refractivity (Wildman–Crippen MR) is 83.0 cm³/mol. The van der Waals surface area contributed by atoms with Gasteiger partial charge in [0, 0.05) is 38.9 Å². The van der Waals surface area contributed by atoms with Crippen LogP contribution in [0.1, 0.15) is 6.42 Å². The molecular weight excluding hydrogens is 312 g/mol. The quantitative estimate of drug-likeness (QED) is 0.612. The van der Waals surface area contributed by atoms with Gasteiger partial charge in [0.1, 0.15) is 5.15 Å². The third-order valence-corrected chi connectivity index (χ3v) is 5.21. The van der Waals surface area contributed by atoms with Gasteiger partial charge in [-0.2, -0.15) is 0 Å². The molecule has 0 bridgehead atoms. The zero-order valence-corrected chi connectivity index (χ0v) is 13.7. The fraction of sp³-hybridized carbons (Fsp3) is 0.615. The van der Waals surface area contributed by atoms with Crippen molar-refractivity contribution in [2.75, 3.05) is 46.3 Å². The van der Waals surface area contributed by atoms with Crippen LogP contribution in [0.3, 0.4) is 0 Å². The highest BCUT2D eigenvalue weighted by molar-refractivity contribution is 7.89. The zero-order valence-electron chi connectivity index (χ0n) is 12.1. The molecule has 1 aliphatic rings. The van der Waals surface area contributed by atoms with E-state index in [0.29, 0.717) is 6.54 Å². The molecule has 0 aromatic carbocycles. The average Bonchev–Trinajstić information content (AvgIpc) is 2.45. The highest BCUT2D eigenvalue weighted by atomic mass is 35.5. The van der Waals surface area contributed by atoms with E-state index in [2.05, 4.69) is 26.6 Å². The maximum Gasteiger partial charge on any atom is 0.240 e. The number of likely N-dealkylation sites (N-methyl/N-ethyl adjacent to an activating group) is 1. The van der Waals surface area contributed by atoms with Crippen molar-refractivity contribution >= 4 is 21.6 Å². The van der Waals surface area contributed by atoms with Crippen molar-refractivity contribution in [3.63, 3.8) is 0 Å². The smallest absolute Gasteiger partial charge is 0.240 e. The summed E-state index contributed by atoms with van der Waals surface area (Å²) in [5.41, 5.74) is 0. The molecule has 0 aliphatic carbocycles. The molecule has 6 nitrogen and oxygen atoms in total. The summed E-state index contributed by atoms with van der Waals surface area (Å²) < 4.78 is 26.7. The van der Waals surface area contributed by atoms with E-state index in [9.17, 15) is 8.42 Å². The molecule has 1 aliphatic heterocycles. The monoisotopic (exact) mass is 332 g/mol. The van der Waals surface area contributed by atoms with Crippen molar-refractivity contribution < 1.29 is 8.42 Å². The third kappa shape index (κ3) is 5.19. The van der Waals surface area contributed by atoms with Crippen molar-refractivity contribution in [3.8, 4) is 0 Å².